The van der Waals surface area contributed by atoms with Crippen molar-refractivity contribution < 1.29 is 5.11 Å². The van der Waals surface area contributed by atoms with Crippen molar-refractivity contribution in [3.63, 3.8) is 0 Å². The van der Waals surface area contributed by atoms with Gasteiger partial charge in [0.25, 0.3) is 0 Å². The van der Waals surface area contributed by atoms with Gasteiger partial charge in [-0.15, -0.1) is 0 Å². The molecule has 0 bridgehead atoms. The molecule has 1 aliphatic rings. The second kappa shape index (κ2) is 5.39. The number of benzene rings is 2. The number of fused-ring (bicyclic) bond motifs is 1. The molecule has 120 valence electrons. The van der Waals surface area contributed by atoms with E-state index in [0.29, 0.717) is 0 Å². The quantitative estimate of drug-likeness (QED) is 0.699. The number of hydrazone groups is 1. The Balaban J connectivity index is 1.95. The van der Waals surface area contributed by atoms with Gasteiger partial charge in [0, 0.05) is 25.2 Å². The summed E-state index contributed by atoms with van der Waals surface area (Å²) < 4.78 is 0. The van der Waals surface area contributed by atoms with Gasteiger partial charge < -0.3 is 10.0 Å². The molecule has 23 heavy (non-hydrogen) atoms. The lowest BCUT2D eigenvalue weighted by Crippen LogP contribution is -2.56. The van der Waals surface area contributed by atoms with Crippen LogP contribution in [0.15, 0.2) is 59.7 Å². The monoisotopic (exact) mass is 309 g/mol. The maximum absolute atomic E-state index is 11.4. The van der Waals surface area contributed by atoms with Crippen LogP contribution in [0.3, 0.4) is 0 Å². The van der Waals surface area contributed by atoms with Crippen LogP contribution in [-0.2, 0) is 5.41 Å². The average molecular weight is 309 g/mol. The molecule has 1 heterocycles. The molecule has 0 saturated carbocycles. The Labute approximate surface area is 137 Å². The van der Waals surface area contributed by atoms with Crippen LogP contribution < -0.4 is 9.91 Å². The maximum atomic E-state index is 11.4. The number of likely N-dealkylation sites (N-methyl/N-ethyl adjacent to an activating group) is 1. The largest absolute Gasteiger partial charge is 0.365 e. The predicted molar refractivity (Wildman–Crippen MR) is 96.2 cm³/mol. The third kappa shape index (κ3) is 2.30. The SMILES string of the molecule is CN(/N=C/C1(O)N(C)c2ccccc2C1(C)C)c1ccccc1. The number of para-hydroxylation sites is 2. The molecule has 0 spiro atoms. The van der Waals surface area contributed by atoms with Gasteiger partial charge in [-0.25, -0.2) is 0 Å². The second-order valence-corrected chi connectivity index (χ2v) is 6.53. The van der Waals surface area contributed by atoms with Gasteiger partial charge in [-0.3, -0.25) is 5.01 Å². The van der Waals surface area contributed by atoms with Crippen LogP contribution in [0.1, 0.15) is 19.4 Å². The molecule has 3 rings (SSSR count). The second-order valence-electron chi connectivity index (χ2n) is 6.53. The van der Waals surface area contributed by atoms with E-state index in [1.54, 1.807) is 11.2 Å². The van der Waals surface area contributed by atoms with Crippen LogP contribution >= 0.6 is 0 Å². The van der Waals surface area contributed by atoms with Gasteiger partial charge in [0.05, 0.1) is 11.9 Å². The summed E-state index contributed by atoms with van der Waals surface area (Å²) in [5.41, 5.74) is 1.50. The van der Waals surface area contributed by atoms with Crippen molar-refractivity contribution >= 4 is 17.6 Å². The fourth-order valence-electron chi connectivity index (χ4n) is 3.22. The highest BCUT2D eigenvalue weighted by molar-refractivity contribution is 5.83. The molecular weight excluding hydrogens is 286 g/mol. The van der Waals surface area contributed by atoms with E-state index in [-0.39, 0.29) is 0 Å². The highest BCUT2D eigenvalue weighted by Gasteiger charge is 2.54. The van der Waals surface area contributed by atoms with Gasteiger partial charge in [-0.05, 0) is 23.8 Å². The third-order valence-electron chi connectivity index (χ3n) is 4.91. The zero-order valence-electron chi connectivity index (χ0n) is 14.1. The van der Waals surface area contributed by atoms with E-state index in [0.717, 1.165) is 16.9 Å². The minimum atomic E-state index is -1.18. The maximum Gasteiger partial charge on any atom is 0.185 e. The van der Waals surface area contributed by atoms with Crippen LogP contribution in [0, 0.1) is 0 Å². The zero-order valence-corrected chi connectivity index (χ0v) is 14.1. The van der Waals surface area contributed by atoms with E-state index in [9.17, 15) is 5.11 Å². The van der Waals surface area contributed by atoms with Crippen molar-refractivity contribution in [2.75, 3.05) is 24.0 Å². The molecule has 2 aromatic carbocycles. The first-order valence-corrected chi connectivity index (χ1v) is 7.77. The molecule has 1 aliphatic heterocycles. The molecule has 0 saturated heterocycles. The number of hydrogen-bond donors (Lipinski definition) is 1. The third-order valence-corrected chi connectivity index (χ3v) is 4.91. The first kappa shape index (κ1) is 15.6. The minimum Gasteiger partial charge on any atom is -0.365 e. The topological polar surface area (TPSA) is 39.1 Å². The molecule has 0 aromatic heterocycles. The van der Waals surface area contributed by atoms with Crippen LogP contribution in [-0.4, -0.2) is 31.1 Å². The number of aliphatic hydroxyl groups is 1. The average Bonchev–Trinajstić information content (AvgIpc) is 2.73. The van der Waals surface area contributed by atoms with E-state index in [1.165, 1.54) is 0 Å². The Morgan fingerprint density at radius 2 is 1.65 bits per heavy atom. The fraction of sp³-hybridized carbons (Fsp3) is 0.316. The Hall–Kier alpha value is -2.33. The Bertz CT molecular complexity index is 726. The van der Waals surface area contributed by atoms with Gasteiger partial charge in [0.15, 0.2) is 5.72 Å². The lowest BCUT2D eigenvalue weighted by molar-refractivity contribution is 0.0585. The molecule has 0 radical (unpaired) electrons. The predicted octanol–water partition coefficient (Wildman–Crippen LogP) is 3.22. The van der Waals surface area contributed by atoms with E-state index in [2.05, 4.69) is 11.2 Å². The van der Waals surface area contributed by atoms with Gasteiger partial charge in [0.1, 0.15) is 0 Å². The van der Waals surface area contributed by atoms with Crippen LogP contribution in [0.5, 0.6) is 0 Å². The molecule has 0 fully saturated rings. The molecule has 2 aromatic rings. The van der Waals surface area contributed by atoms with Gasteiger partial charge in [-0.2, -0.15) is 5.10 Å². The van der Waals surface area contributed by atoms with Crippen LogP contribution in [0.2, 0.25) is 0 Å². The summed E-state index contributed by atoms with van der Waals surface area (Å²) in [6.07, 6.45) is 1.64. The number of anilines is 2. The highest BCUT2D eigenvalue weighted by Crippen LogP contribution is 2.48. The molecule has 4 nitrogen and oxygen atoms in total. The summed E-state index contributed by atoms with van der Waals surface area (Å²) in [5, 5.41) is 17.6. The fourth-order valence-corrected chi connectivity index (χ4v) is 3.22. The van der Waals surface area contributed by atoms with E-state index in [1.807, 2.05) is 81.4 Å². The molecule has 4 heteroatoms. The van der Waals surface area contributed by atoms with Gasteiger partial charge >= 0.3 is 0 Å². The summed E-state index contributed by atoms with van der Waals surface area (Å²) in [6.45, 7) is 4.09. The lowest BCUT2D eigenvalue weighted by Gasteiger charge is -2.38. The van der Waals surface area contributed by atoms with Crippen molar-refractivity contribution in [3.05, 3.63) is 60.2 Å². The summed E-state index contributed by atoms with van der Waals surface area (Å²) >= 11 is 0. The number of hydrogen-bond acceptors (Lipinski definition) is 4. The normalized spacial score (nSPS) is 22.4. The zero-order chi connectivity index (χ0) is 16.7. The van der Waals surface area contributed by atoms with E-state index < -0.39 is 11.1 Å². The van der Waals surface area contributed by atoms with Crippen LogP contribution in [0.4, 0.5) is 11.4 Å². The van der Waals surface area contributed by atoms with E-state index >= 15 is 0 Å². The first-order chi connectivity index (χ1) is 10.9. The van der Waals surface area contributed by atoms with Gasteiger partial charge in [-0.1, -0.05) is 50.2 Å². The molecule has 0 aliphatic carbocycles. The number of rotatable bonds is 3. The molecule has 1 atom stereocenters. The van der Waals surface area contributed by atoms with E-state index in [4.69, 9.17) is 0 Å². The summed E-state index contributed by atoms with van der Waals surface area (Å²) in [5.74, 6) is 0. The summed E-state index contributed by atoms with van der Waals surface area (Å²) in [7, 11) is 3.78. The minimum absolute atomic E-state index is 0.459. The Kier molecular flexibility index (Phi) is 3.65. The van der Waals surface area contributed by atoms with Crippen molar-refractivity contribution in [2.24, 2.45) is 5.10 Å². The summed E-state index contributed by atoms with van der Waals surface area (Å²) in [4.78, 5) is 1.89. The molecule has 1 unspecified atom stereocenters. The van der Waals surface area contributed by atoms with Crippen LogP contribution in [0.25, 0.3) is 0 Å². The smallest absolute Gasteiger partial charge is 0.185 e. The first-order valence-electron chi connectivity index (χ1n) is 7.77. The van der Waals surface area contributed by atoms with Crippen molar-refractivity contribution in [1.29, 1.82) is 0 Å². The summed E-state index contributed by atoms with van der Waals surface area (Å²) in [6, 6.07) is 18.0. The molecule has 0 amide bonds. The standard InChI is InChI=1S/C19H23N3O/c1-18(2)16-12-8-9-13-17(16)21(3)19(18,23)14-20-22(4)15-10-6-5-7-11-15/h5-14,23H,1-4H3/b20-14+. The molecule has 1 N–H and O–H groups in total. The molecular formula is C19H23N3O. The van der Waals surface area contributed by atoms with Gasteiger partial charge in [0.2, 0.25) is 0 Å². The number of nitrogens with zero attached hydrogens (tertiary/aromatic N) is 3. The lowest BCUT2D eigenvalue weighted by atomic mass is 9.78. The van der Waals surface area contributed by atoms with Crippen molar-refractivity contribution in [2.45, 2.75) is 25.0 Å². The van der Waals surface area contributed by atoms with Crippen molar-refractivity contribution in [1.82, 2.24) is 0 Å². The Morgan fingerprint density at radius 1 is 1.04 bits per heavy atom. The van der Waals surface area contributed by atoms with Crippen molar-refractivity contribution in [3.8, 4) is 0 Å². The Morgan fingerprint density at radius 3 is 2.30 bits per heavy atom. The highest BCUT2D eigenvalue weighted by atomic mass is 16.3.